The van der Waals surface area contributed by atoms with E-state index in [4.69, 9.17) is 0 Å². The highest BCUT2D eigenvalue weighted by molar-refractivity contribution is 7.17. The van der Waals surface area contributed by atoms with Crippen LogP contribution in [0.2, 0.25) is 0 Å². The lowest BCUT2D eigenvalue weighted by Gasteiger charge is -2.09. The van der Waals surface area contributed by atoms with Gasteiger partial charge in [0.2, 0.25) is 0 Å². The molecule has 132 valence electrons. The number of hydrogen-bond acceptors (Lipinski definition) is 3. The van der Waals surface area contributed by atoms with Gasteiger partial charge in [0.1, 0.15) is 11.5 Å². The number of carboxylic acid groups (broad SMARTS) is 1. The first-order valence-electron chi connectivity index (χ1n) is 8.23. The molecule has 4 nitrogen and oxygen atoms in total. The van der Waals surface area contributed by atoms with E-state index in [9.17, 15) is 14.3 Å². The van der Waals surface area contributed by atoms with Crippen molar-refractivity contribution in [2.75, 3.05) is 7.05 Å². The minimum atomic E-state index is -0.961. The molecule has 0 aliphatic carbocycles. The number of aromatic carboxylic acids is 1. The van der Waals surface area contributed by atoms with Crippen LogP contribution in [0, 0.1) is 5.82 Å². The molecule has 0 saturated heterocycles. The van der Waals surface area contributed by atoms with Crippen molar-refractivity contribution < 1.29 is 14.3 Å². The monoisotopic (exact) mass is 368 g/mol. The van der Waals surface area contributed by atoms with Gasteiger partial charge in [-0.25, -0.2) is 9.18 Å². The van der Waals surface area contributed by atoms with E-state index < -0.39 is 5.97 Å². The smallest absolute Gasteiger partial charge is 0.352 e. The molecule has 0 bridgehead atoms. The first-order chi connectivity index (χ1) is 12.6. The third kappa shape index (κ3) is 2.67. The fourth-order valence-electron chi connectivity index (χ4n) is 3.49. The van der Waals surface area contributed by atoms with Crippen molar-refractivity contribution in [1.29, 1.82) is 0 Å². The molecule has 26 heavy (non-hydrogen) atoms. The van der Waals surface area contributed by atoms with Crippen molar-refractivity contribution in [1.82, 2.24) is 9.88 Å². The molecule has 2 heterocycles. The SMILES string of the molecule is CNCc1c(C(=O)O)n(Cc2csc3ccc(F)cc23)c2ccccc12. The molecular weight excluding hydrogens is 351 g/mol. The Labute approximate surface area is 153 Å². The molecule has 0 aliphatic rings. The van der Waals surface area contributed by atoms with E-state index in [0.29, 0.717) is 13.1 Å². The molecule has 2 N–H and O–H groups in total. The Bertz CT molecular complexity index is 1130. The number of fused-ring (bicyclic) bond motifs is 2. The van der Waals surface area contributed by atoms with Gasteiger partial charge in [0.05, 0.1) is 0 Å². The van der Waals surface area contributed by atoms with Crippen LogP contribution in [0.25, 0.3) is 21.0 Å². The van der Waals surface area contributed by atoms with Gasteiger partial charge in [-0.2, -0.15) is 0 Å². The number of rotatable bonds is 5. The van der Waals surface area contributed by atoms with Crippen LogP contribution in [0.3, 0.4) is 0 Å². The minimum absolute atomic E-state index is 0.274. The molecular formula is C20H17FN2O2S. The van der Waals surface area contributed by atoms with Crippen molar-refractivity contribution >= 4 is 38.3 Å². The lowest BCUT2D eigenvalue weighted by molar-refractivity contribution is 0.0685. The number of nitrogens with zero attached hydrogens (tertiary/aromatic N) is 1. The van der Waals surface area contributed by atoms with Gasteiger partial charge in [-0.15, -0.1) is 11.3 Å². The number of aromatic nitrogens is 1. The number of carboxylic acids is 1. The van der Waals surface area contributed by atoms with Gasteiger partial charge in [0.25, 0.3) is 0 Å². The highest BCUT2D eigenvalue weighted by Crippen LogP contribution is 2.31. The minimum Gasteiger partial charge on any atom is -0.477 e. The Kier molecular flexibility index (Phi) is 4.22. The average Bonchev–Trinajstić information content (AvgIpc) is 3.16. The highest BCUT2D eigenvalue weighted by Gasteiger charge is 2.22. The third-order valence-corrected chi connectivity index (χ3v) is 5.59. The summed E-state index contributed by atoms with van der Waals surface area (Å²) in [5.41, 5.74) is 2.83. The highest BCUT2D eigenvalue weighted by atomic mass is 32.1. The van der Waals surface area contributed by atoms with Crippen molar-refractivity contribution in [3.05, 3.63) is 70.5 Å². The Balaban J connectivity index is 1.94. The van der Waals surface area contributed by atoms with E-state index >= 15 is 0 Å². The summed E-state index contributed by atoms with van der Waals surface area (Å²) in [5.74, 6) is -1.25. The van der Waals surface area contributed by atoms with Gasteiger partial charge >= 0.3 is 5.97 Å². The Morgan fingerprint density at radius 3 is 2.81 bits per heavy atom. The molecule has 0 aliphatic heterocycles. The molecule has 0 unspecified atom stereocenters. The first-order valence-corrected chi connectivity index (χ1v) is 9.11. The molecule has 2 aromatic heterocycles. The zero-order valence-electron chi connectivity index (χ0n) is 14.1. The van der Waals surface area contributed by atoms with E-state index in [0.717, 1.165) is 32.1 Å². The van der Waals surface area contributed by atoms with Crippen LogP contribution in [0.1, 0.15) is 21.6 Å². The first kappa shape index (κ1) is 16.8. The second-order valence-electron chi connectivity index (χ2n) is 6.17. The maximum Gasteiger partial charge on any atom is 0.352 e. The summed E-state index contributed by atoms with van der Waals surface area (Å²) in [4.78, 5) is 12.0. The average molecular weight is 368 g/mol. The van der Waals surface area contributed by atoms with Crippen LogP contribution >= 0.6 is 11.3 Å². The third-order valence-electron chi connectivity index (χ3n) is 4.58. The second kappa shape index (κ2) is 6.55. The number of halogens is 1. The molecule has 0 radical (unpaired) electrons. The normalized spacial score (nSPS) is 11.5. The predicted octanol–water partition coefficient (Wildman–Crippen LogP) is 4.46. The van der Waals surface area contributed by atoms with Crippen LogP contribution < -0.4 is 5.32 Å². The van der Waals surface area contributed by atoms with E-state index in [1.165, 1.54) is 23.5 Å². The molecule has 0 amide bonds. The number of hydrogen-bond donors (Lipinski definition) is 2. The summed E-state index contributed by atoms with van der Waals surface area (Å²) >= 11 is 1.54. The molecule has 0 saturated carbocycles. The summed E-state index contributed by atoms with van der Waals surface area (Å²) in [5, 5.41) is 16.6. The summed E-state index contributed by atoms with van der Waals surface area (Å²) in [6.45, 7) is 0.851. The number of benzene rings is 2. The summed E-state index contributed by atoms with van der Waals surface area (Å²) in [7, 11) is 1.80. The lowest BCUT2D eigenvalue weighted by Crippen LogP contribution is -2.14. The maximum absolute atomic E-state index is 13.7. The van der Waals surface area contributed by atoms with Gasteiger partial charge in [-0.3, -0.25) is 0 Å². The van der Waals surface area contributed by atoms with Gasteiger partial charge in [-0.1, -0.05) is 18.2 Å². The fraction of sp³-hybridized carbons (Fsp3) is 0.150. The zero-order valence-corrected chi connectivity index (χ0v) is 14.9. The van der Waals surface area contributed by atoms with Gasteiger partial charge in [-0.05, 0) is 42.3 Å². The lowest BCUT2D eigenvalue weighted by atomic mass is 10.1. The summed E-state index contributed by atoms with van der Waals surface area (Å²) < 4.78 is 16.5. The quantitative estimate of drug-likeness (QED) is 0.547. The predicted molar refractivity (Wildman–Crippen MR) is 103 cm³/mol. The summed E-state index contributed by atoms with van der Waals surface area (Å²) in [6.07, 6.45) is 0. The van der Waals surface area contributed by atoms with Crippen molar-refractivity contribution in [3.63, 3.8) is 0 Å². The molecule has 0 atom stereocenters. The van der Waals surface area contributed by atoms with Crippen LogP contribution in [-0.4, -0.2) is 22.7 Å². The molecule has 4 aromatic rings. The maximum atomic E-state index is 13.7. The zero-order chi connectivity index (χ0) is 18.3. The number of thiophene rings is 1. The van der Waals surface area contributed by atoms with E-state index in [-0.39, 0.29) is 11.5 Å². The van der Waals surface area contributed by atoms with Crippen LogP contribution in [-0.2, 0) is 13.1 Å². The van der Waals surface area contributed by atoms with E-state index in [2.05, 4.69) is 5.32 Å². The second-order valence-corrected chi connectivity index (χ2v) is 7.08. The van der Waals surface area contributed by atoms with Gasteiger partial charge in [0, 0.05) is 39.6 Å². The fourth-order valence-corrected chi connectivity index (χ4v) is 4.42. The molecule has 2 aromatic carbocycles. The number of para-hydroxylation sites is 1. The molecule has 4 rings (SSSR count). The van der Waals surface area contributed by atoms with Gasteiger partial charge in [0.15, 0.2) is 0 Å². The van der Waals surface area contributed by atoms with Crippen LogP contribution in [0.15, 0.2) is 47.8 Å². The Hall–Kier alpha value is -2.70. The van der Waals surface area contributed by atoms with Crippen molar-refractivity contribution in [2.24, 2.45) is 0 Å². The van der Waals surface area contributed by atoms with E-state index in [1.807, 2.05) is 34.2 Å². The van der Waals surface area contributed by atoms with Crippen molar-refractivity contribution in [3.8, 4) is 0 Å². The largest absolute Gasteiger partial charge is 0.477 e. The topological polar surface area (TPSA) is 54.3 Å². The van der Waals surface area contributed by atoms with Crippen LogP contribution in [0.4, 0.5) is 4.39 Å². The van der Waals surface area contributed by atoms with Gasteiger partial charge < -0.3 is 15.0 Å². The molecule has 6 heteroatoms. The number of nitrogens with one attached hydrogen (secondary N) is 1. The van der Waals surface area contributed by atoms with Crippen LogP contribution in [0.5, 0.6) is 0 Å². The van der Waals surface area contributed by atoms with E-state index in [1.54, 1.807) is 13.1 Å². The summed E-state index contributed by atoms with van der Waals surface area (Å²) in [6, 6.07) is 12.4. The standard InChI is InChI=1S/C20H17FN2O2S/c1-22-9-16-14-4-2-3-5-17(14)23(19(16)20(24)25)10-12-11-26-18-7-6-13(21)8-15(12)18/h2-8,11,22H,9-10H2,1H3,(H,24,25). The Morgan fingerprint density at radius 2 is 2.04 bits per heavy atom. The number of carbonyl (C=O) groups is 1. The molecule has 0 fully saturated rings. The molecule has 0 spiro atoms. The Morgan fingerprint density at radius 1 is 1.23 bits per heavy atom. The van der Waals surface area contributed by atoms with Crippen molar-refractivity contribution in [2.45, 2.75) is 13.1 Å².